The third-order valence-electron chi connectivity index (χ3n) is 6.18. The smallest absolute Gasteiger partial charge is 0.272 e. The molecule has 0 saturated carbocycles. The highest BCUT2D eigenvalue weighted by Gasteiger charge is 2.29. The summed E-state index contributed by atoms with van der Waals surface area (Å²) >= 11 is 1.68. The maximum atomic E-state index is 13.1. The Bertz CT molecular complexity index is 837. The van der Waals surface area contributed by atoms with Crippen molar-refractivity contribution >= 4 is 17.2 Å². The molecule has 8 nitrogen and oxygen atoms in total. The van der Waals surface area contributed by atoms with Gasteiger partial charge >= 0.3 is 0 Å². The molecule has 1 atom stereocenters. The number of nitrogens with zero attached hydrogens (tertiary/aromatic N) is 5. The second-order valence-corrected chi connectivity index (χ2v) is 8.99. The van der Waals surface area contributed by atoms with Crippen molar-refractivity contribution in [2.24, 2.45) is 0 Å². The fraction of sp³-hybridized carbons (Fsp3) is 0.667. The Kier molecular flexibility index (Phi) is 7.14. The number of nitrogens with one attached hydrogen (secondary N) is 1. The maximum Gasteiger partial charge on any atom is 0.272 e. The molecule has 1 fully saturated rings. The van der Waals surface area contributed by atoms with Gasteiger partial charge in [-0.15, -0.1) is 11.3 Å². The van der Waals surface area contributed by atoms with Gasteiger partial charge in [-0.05, 0) is 25.9 Å². The molecule has 0 spiro atoms. The van der Waals surface area contributed by atoms with Gasteiger partial charge in [-0.1, -0.05) is 6.92 Å². The lowest BCUT2D eigenvalue weighted by atomic mass is 10.0. The van der Waals surface area contributed by atoms with Crippen molar-refractivity contribution in [3.8, 4) is 0 Å². The fourth-order valence-electron chi connectivity index (χ4n) is 4.59. The predicted molar refractivity (Wildman–Crippen MR) is 117 cm³/mol. The number of likely N-dealkylation sites (tertiary alicyclic amines) is 1. The van der Waals surface area contributed by atoms with E-state index in [2.05, 4.69) is 27.0 Å². The Morgan fingerprint density at radius 1 is 1.40 bits per heavy atom. The number of carbonyl (C=O) groups is 1. The van der Waals surface area contributed by atoms with Gasteiger partial charge in [0.25, 0.3) is 5.91 Å². The van der Waals surface area contributed by atoms with Crippen LogP contribution in [0.3, 0.4) is 0 Å². The number of aromatic nitrogens is 3. The lowest BCUT2D eigenvalue weighted by Gasteiger charge is -2.27. The summed E-state index contributed by atoms with van der Waals surface area (Å²) in [6, 6.07) is 0.437. The molecule has 2 aromatic rings. The predicted octanol–water partition coefficient (Wildman–Crippen LogP) is 1.76. The summed E-state index contributed by atoms with van der Waals surface area (Å²) in [6.07, 6.45) is 5.09. The molecule has 9 heteroatoms. The topological polar surface area (TPSA) is 75.5 Å². The summed E-state index contributed by atoms with van der Waals surface area (Å²) in [5, 5.41) is 11.0. The Morgan fingerprint density at radius 3 is 3.07 bits per heavy atom. The van der Waals surface area contributed by atoms with E-state index in [0.717, 1.165) is 56.1 Å². The molecule has 1 saturated heterocycles. The number of ether oxygens (including phenoxy) is 1. The van der Waals surface area contributed by atoms with Gasteiger partial charge in [-0.25, -0.2) is 4.98 Å². The second-order valence-electron chi connectivity index (χ2n) is 8.01. The van der Waals surface area contributed by atoms with Gasteiger partial charge in [-0.3, -0.25) is 19.3 Å². The minimum Gasteiger partial charge on any atom is -0.383 e. The van der Waals surface area contributed by atoms with Crippen LogP contribution in [0.25, 0.3) is 0 Å². The quantitative estimate of drug-likeness (QED) is 0.651. The molecule has 2 aliphatic rings. The van der Waals surface area contributed by atoms with Crippen molar-refractivity contribution < 1.29 is 9.53 Å². The number of amides is 1. The van der Waals surface area contributed by atoms with E-state index in [9.17, 15) is 4.79 Å². The van der Waals surface area contributed by atoms with Gasteiger partial charge < -0.3 is 10.1 Å². The zero-order valence-electron chi connectivity index (χ0n) is 18.0. The average Bonchev–Trinajstić information content (AvgIpc) is 3.50. The average molecular weight is 433 g/mol. The minimum absolute atomic E-state index is 0.0542. The van der Waals surface area contributed by atoms with Crippen LogP contribution in [0.15, 0.2) is 11.6 Å². The van der Waals surface area contributed by atoms with Crippen LogP contribution in [0.1, 0.15) is 46.5 Å². The summed E-state index contributed by atoms with van der Waals surface area (Å²) in [5.74, 6) is -0.0542. The van der Waals surface area contributed by atoms with Crippen molar-refractivity contribution in [3.63, 3.8) is 0 Å². The van der Waals surface area contributed by atoms with Gasteiger partial charge in [0.15, 0.2) is 5.69 Å². The highest BCUT2D eigenvalue weighted by Crippen LogP contribution is 2.25. The first-order valence-electron chi connectivity index (χ1n) is 10.9. The molecular weight excluding hydrogens is 400 g/mol. The number of hydrogen-bond donors (Lipinski definition) is 1. The van der Waals surface area contributed by atoms with Crippen LogP contribution in [0, 0.1) is 0 Å². The highest BCUT2D eigenvalue weighted by atomic mass is 32.1. The molecule has 4 rings (SSSR count). The normalized spacial score (nSPS) is 19.9. The number of thiazole rings is 1. The van der Waals surface area contributed by atoms with E-state index in [0.29, 0.717) is 31.4 Å². The number of likely N-dealkylation sites (N-methyl/N-ethyl adjacent to an activating group) is 1. The summed E-state index contributed by atoms with van der Waals surface area (Å²) in [4.78, 5) is 22.3. The van der Waals surface area contributed by atoms with E-state index < -0.39 is 0 Å². The number of carbonyl (C=O) groups excluding carboxylic acids is 1. The first kappa shape index (κ1) is 21.4. The Morgan fingerprint density at radius 2 is 2.30 bits per heavy atom. The molecule has 164 valence electrons. The summed E-state index contributed by atoms with van der Waals surface area (Å²) in [7, 11) is 1.69. The first-order valence-corrected chi connectivity index (χ1v) is 11.8. The lowest BCUT2D eigenvalue weighted by Crippen LogP contribution is -2.40. The third-order valence-corrected chi connectivity index (χ3v) is 6.95. The first-order chi connectivity index (χ1) is 14.7. The molecule has 30 heavy (non-hydrogen) atoms. The second kappa shape index (κ2) is 10.00. The van der Waals surface area contributed by atoms with Crippen LogP contribution in [0.2, 0.25) is 0 Å². The molecule has 0 bridgehead atoms. The van der Waals surface area contributed by atoms with E-state index in [1.165, 1.54) is 12.1 Å². The largest absolute Gasteiger partial charge is 0.383 e. The molecule has 2 aromatic heterocycles. The molecule has 2 aliphatic heterocycles. The number of methoxy groups -OCH3 is 1. The molecule has 1 amide bonds. The number of hydrogen-bond acceptors (Lipinski definition) is 7. The molecule has 0 radical (unpaired) electrons. The summed E-state index contributed by atoms with van der Waals surface area (Å²) < 4.78 is 7.23. The fourth-order valence-corrected chi connectivity index (χ4v) is 5.24. The van der Waals surface area contributed by atoms with Gasteiger partial charge in [0.2, 0.25) is 0 Å². The number of fused-ring (bicyclic) bond motifs is 1. The van der Waals surface area contributed by atoms with Gasteiger partial charge in [0.05, 0.1) is 19.7 Å². The van der Waals surface area contributed by atoms with Crippen molar-refractivity contribution in [2.45, 2.75) is 51.9 Å². The summed E-state index contributed by atoms with van der Waals surface area (Å²) in [5.41, 5.74) is 2.81. The Balaban J connectivity index is 1.48. The van der Waals surface area contributed by atoms with Gasteiger partial charge in [0.1, 0.15) is 5.01 Å². The van der Waals surface area contributed by atoms with E-state index in [-0.39, 0.29) is 5.91 Å². The monoisotopic (exact) mass is 432 g/mol. The van der Waals surface area contributed by atoms with Crippen molar-refractivity contribution in [3.05, 3.63) is 33.5 Å². The van der Waals surface area contributed by atoms with Crippen molar-refractivity contribution in [2.75, 3.05) is 39.9 Å². The molecule has 0 aliphatic carbocycles. The highest BCUT2D eigenvalue weighted by molar-refractivity contribution is 7.09. The van der Waals surface area contributed by atoms with Crippen LogP contribution >= 0.6 is 11.3 Å². The molecule has 4 heterocycles. The zero-order chi connectivity index (χ0) is 20.9. The van der Waals surface area contributed by atoms with Crippen LogP contribution in [0.4, 0.5) is 0 Å². The van der Waals surface area contributed by atoms with Crippen LogP contribution < -0.4 is 5.32 Å². The molecule has 0 unspecified atom stereocenters. The van der Waals surface area contributed by atoms with Gasteiger partial charge in [-0.2, -0.15) is 5.10 Å². The SMILES string of the molecule is CCN1CCC[C@H]1CNC(=O)c1nn(CCOC)c2c1CN(Cc1nccs1)CC2. The van der Waals surface area contributed by atoms with E-state index >= 15 is 0 Å². The van der Waals surface area contributed by atoms with E-state index in [1.807, 2.05) is 16.3 Å². The van der Waals surface area contributed by atoms with E-state index in [4.69, 9.17) is 9.84 Å². The summed E-state index contributed by atoms with van der Waals surface area (Å²) in [6.45, 7) is 8.79. The number of rotatable bonds is 9. The van der Waals surface area contributed by atoms with Crippen molar-refractivity contribution in [1.29, 1.82) is 0 Å². The molecule has 0 aromatic carbocycles. The molecule has 1 N–H and O–H groups in total. The molecular formula is C21H32N6O2S. The van der Waals surface area contributed by atoms with Gasteiger partial charge in [0, 0.05) is 62.0 Å². The lowest BCUT2D eigenvalue weighted by molar-refractivity contribution is 0.0932. The standard InChI is InChI=1S/C21H32N6O2S/c1-3-26-8-4-5-16(26)13-23-21(28)20-17-14-25(15-19-22-7-12-30-19)9-6-18(17)27(24-20)10-11-29-2/h7,12,16H,3-6,8-11,13-15H2,1-2H3,(H,23,28)/t16-/m0/s1. The maximum absolute atomic E-state index is 13.1. The van der Waals surface area contributed by atoms with Crippen molar-refractivity contribution in [1.82, 2.24) is 29.9 Å². The van der Waals surface area contributed by atoms with Crippen LogP contribution in [-0.2, 0) is 30.8 Å². The zero-order valence-corrected chi connectivity index (χ0v) is 18.8. The Hall–Kier alpha value is -1.81. The third kappa shape index (κ3) is 4.74. The Labute approximate surface area is 182 Å². The minimum atomic E-state index is -0.0542. The van der Waals surface area contributed by atoms with Crippen LogP contribution in [0.5, 0.6) is 0 Å². The van der Waals surface area contributed by atoms with E-state index in [1.54, 1.807) is 18.4 Å². The van der Waals surface area contributed by atoms with Crippen LogP contribution in [-0.4, -0.2) is 76.4 Å².